The molecule has 0 saturated carbocycles. The lowest BCUT2D eigenvalue weighted by molar-refractivity contribution is 0.249. The maximum Gasteiger partial charge on any atom is 0.223 e. The quantitative estimate of drug-likeness (QED) is 0.846. The van der Waals surface area contributed by atoms with E-state index in [0.29, 0.717) is 12.0 Å². The molecular weight excluding hydrogens is 240 g/mol. The van der Waals surface area contributed by atoms with Crippen LogP contribution in [0.4, 0.5) is 17.6 Å². The summed E-state index contributed by atoms with van der Waals surface area (Å²) in [5.41, 5.74) is 5.77. The minimum Gasteiger partial charge on any atom is -0.370 e. The highest BCUT2D eigenvalue weighted by atomic mass is 15.2. The van der Waals surface area contributed by atoms with Crippen LogP contribution in [0.5, 0.6) is 0 Å². The van der Waals surface area contributed by atoms with Crippen LogP contribution in [-0.4, -0.2) is 54.6 Å². The van der Waals surface area contributed by atoms with E-state index in [4.69, 9.17) is 5.73 Å². The molecule has 0 spiro atoms. The zero-order valence-electron chi connectivity index (χ0n) is 12.1. The first-order chi connectivity index (χ1) is 9.10. The molecule has 2 rings (SSSR count). The first-order valence-corrected chi connectivity index (χ1v) is 6.90. The highest BCUT2D eigenvalue weighted by Gasteiger charge is 2.22. The van der Waals surface area contributed by atoms with E-state index in [-0.39, 0.29) is 0 Å². The Hall–Kier alpha value is -1.56. The summed E-state index contributed by atoms with van der Waals surface area (Å²) in [6.07, 6.45) is 2.32. The van der Waals surface area contributed by atoms with Crippen LogP contribution in [0.3, 0.4) is 0 Å². The van der Waals surface area contributed by atoms with Crippen molar-refractivity contribution in [1.29, 1.82) is 0 Å². The van der Waals surface area contributed by atoms with E-state index in [0.717, 1.165) is 44.1 Å². The monoisotopic (exact) mass is 264 g/mol. The molecular formula is C13H24N6. The number of anilines is 3. The molecule has 1 saturated heterocycles. The molecule has 3 N–H and O–H groups in total. The molecule has 0 bridgehead atoms. The molecule has 1 aliphatic heterocycles. The normalized spacial score (nSPS) is 16.9. The maximum absolute atomic E-state index is 5.77. The Bertz CT molecular complexity index is 412. The summed E-state index contributed by atoms with van der Waals surface area (Å²) in [5.74, 6) is 2.07. The Morgan fingerprint density at radius 1 is 1.37 bits per heavy atom. The summed E-state index contributed by atoms with van der Waals surface area (Å²) in [4.78, 5) is 13.1. The summed E-state index contributed by atoms with van der Waals surface area (Å²) >= 11 is 0. The van der Waals surface area contributed by atoms with Crippen molar-refractivity contribution in [2.24, 2.45) is 0 Å². The highest BCUT2D eigenvalue weighted by Crippen LogP contribution is 2.22. The Morgan fingerprint density at radius 3 is 2.63 bits per heavy atom. The van der Waals surface area contributed by atoms with Gasteiger partial charge in [-0.2, -0.15) is 9.97 Å². The molecule has 0 amide bonds. The van der Waals surface area contributed by atoms with Gasteiger partial charge in [-0.3, -0.25) is 0 Å². The fraction of sp³-hybridized carbons (Fsp3) is 0.692. The third-order valence-corrected chi connectivity index (χ3v) is 3.61. The van der Waals surface area contributed by atoms with Crippen molar-refractivity contribution in [3.8, 4) is 0 Å². The van der Waals surface area contributed by atoms with Crippen molar-refractivity contribution < 1.29 is 0 Å². The van der Waals surface area contributed by atoms with Gasteiger partial charge in [0.25, 0.3) is 0 Å². The fourth-order valence-corrected chi connectivity index (χ4v) is 2.50. The van der Waals surface area contributed by atoms with Gasteiger partial charge in [0, 0.05) is 31.7 Å². The van der Waals surface area contributed by atoms with Crippen molar-refractivity contribution in [3.63, 3.8) is 0 Å². The van der Waals surface area contributed by atoms with E-state index < -0.39 is 0 Å². The van der Waals surface area contributed by atoms with Crippen LogP contribution in [0.15, 0.2) is 6.07 Å². The smallest absolute Gasteiger partial charge is 0.223 e. The number of piperidine rings is 1. The van der Waals surface area contributed by atoms with Crippen LogP contribution in [0.25, 0.3) is 0 Å². The van der Waals surface area contributed by atoms with E-state index in [9.17, 15) is 0 Å². The third-order valence-electron chi connectivity index (χ3n) is 3.61. The fourth-order valence-electron chi connectivity index (χ4n) is 2.50. The average Bonchev–Trinajstić information content (AvgIpc) is 2.38. The molecule has 1 aromatic rings. The molecule has 6 nitrogen and oxygen atoms in total. The number of nitrogen functional groups attached to an aromatic ring is 1. The molecule has 6 heteroatoms. The Kier molecular flexibility index (Phi) is 4.42. The molecule has 106 valence electrons. The Morgan fingerprint density at radius 2 is 2.05 bits per heavy atom. The highest BCUT2D eigenvalue weighted by molar-refractivity contribution is 5.52. The van der Waals surface area contributed by atoms with E-state index in [1.54, 1.807) is 0 Å². The molecule has 1 aliphatic rings. The predicted molar refractivity (Wildman–Crippen MR) is 79.5 cm³/mol. The van der Waals surface area contributed by atoms with Gasteiger partial charge in [0.15, 0.2) is 0 Å². The molecule has 0 atom stereocenters. The summed E-state index contributed by atoms with van der Waals surface area (Å²) in [6.45, 7) is 4.91. The number of nitrogens with zero attached hydrogens (tertiary/aromatic N) is 4. The molecule has 0 unspecified atom stereocenters. The van der Waals surface area contributed by atoms with Crippen LogP contribution in [0, 0.1) is 0 Å². The van der Waals surface area contributed by atoms with Crippen molar-refractivity contribution in [3.05, 3.63) is 6.07 Å². The Balaban J connectivity index is 2.06. The number of nitrogens with two attached hydrogens (primary N) is 1. The van der Waals surface area contributed by atoms with Gasteiger partial charge in [0.05, 0.1) is 0 Å². The summed E-state index contributed by atoms with van der Waals surface area (Å²) in [6, 6.07) is 2.65. The molecule has 0 radical (unpaired) electrons. The van der Waals surface area contributed by atoms with Crippen LogP contribution in [0.1, 0.15) is 19.8 Å². The number of hydrogen-bond acceptors (Lipinski definition) is 6. The standard InChI is InChI=1S/C13H24N6/c1-4-15-11-9-12(17-13(14)16-11)19-7-5-10(6-8-19)18(2)3/h9-10H,4-8H2,1-3H3,(H3,14,15,16,17). The third kappa shape index (κ3) is 3.47. The van der Waals surface area contributed by atoms with Crippen molar-refractivity contribution in [2.45, 2.75) is 25.8 Å². The molecule has 0 aliphatic carbocycles. The SMILES string of the molecule is CCNc1cc(N2CCC(N(C)C)CC2)nc(N)n1. The van der Waals surface area contributed by atoms with Gasteiger partial charge in [0.1, 0.15) is 11.6 Å². The van der Waals surface area contributed by atoms with Gasteiger partial charge in [-0.25, -0.2) is 0 Å². The number of nitrogens with one attached hydrogen (secondary N) is 1. The first-order valence-electron chi connectivity index (χ1n) is 6.90. The first kappa shape index (κ1) is 13.9. The topological polar surface area (TPSA) is 70.3 Å². The largest absolute Gasteiger partial charge is 0.370 e. The Labute approximate surface area is 115 Å². The second-order valence-corrected chi connectivity index (χ2v) is 5.18. The van der Waals surface area contributed by atoms with E-state index in [2.05, 4.69) is 39.2 Å². The van der Waals surface area contributed by atoms with Crippen LogP contribution in [-0.2, 0) is 0 Å². The zero-order chi connectivity index (χ0) is 13.8. The molecule has 1 aromatic heterocycles. The second-order valence-electron chi connectivity index (χ2n) is 5.18. The molecule has 2 heterocycles. The maximum atomic E-state index is 5.77. The summed E-state index contributed by atoms with van der Waals surface area (Å²) in [7, 11) is 4.29. The molecule has 1 fully saturated rings. The van der Waals surface area contributed by atoms with Crippen LogP contribution in [0.2, 0.25) is 0 Å². The van der Waals surface area contributed by atoms with Gasteiger partial charge < -0.3 is 20.9 Å². The van der Waals surface area contributed by atoms with E-state index in [1.165, 1.54) is 0 Å². The number of aromatic nitrogens is 2. The van der Waals surface area contributed by atoms with Crippen molar-refractivity contribution >= 4 is 17.6 Å². The average molecular weight is 264 g/mol. The van der Waals surface area contributed by atoms with Gasteiger partial charge in [-0.1, -0.05) is 0 Å². The van der Waals surface area contributed by atoms with Crippen LogP contribution >= 0.6 is 0 Å². The minimum atomic E-state index is 0.336. The minimum absolute atomic E-state index is 0.336. The number of rotatable bonds is 4. The van der Waals surface area contributed by atoms with Crippen molar-refractivity contribution in [1.82, 2.24) is 14.9 Å². The molecule has 0 aromatic carbocycles. The van der Waals surface area contributed by atoms with Gasteiger partial charge in [0.2, 0.25) is 5.95 Å². The van der Waals surface area contributed by atoms with E-state index in [1.807, 2.05) is 13.0 Å². The van der Waals surface area contributed by atoms with E-state index >= 15 is 0 Å². The second kappa shape index (κ2) is 6.06. The van der Waals surface area contributed by atoms with Crippen LogP contribution < -0.4 is 16.0 Å². The lowest BCUT2D eigenvalue weighted by Crippen LogP contribution is -2.42. The van der Waals surface area contributed by atoms with Gasteiger partial charge >= 0.3 is 0 Å². The van der Waals surface area contributed by atoms with Crippen molar-refractivity contribution in [2.75, 3.05) is 49.7 Å². The lowest BCUT2D eigenvalue weighted by Gasteiger charge is -2.35. The summed E-state index contributed by atoms with van der Waals surface area (Å²) in [5, 5.41) is 3.19. The molecule has 19 heavy (non-hydrogen) atoms. The lowest BCUT2D eigenvalue weighted by atomic mass is 10.0. The zero-order valence-corrected chi connectivity index (χ0v) is 12.1. The predicted octanol–water partition coefficient (Wildman–Crippen LogP) is 1.02. The van der Waals surface area contributed by atoms with Gasteiger partial charge in [-0.15, -0.1) is 0 Å². The van der Waals surface area contributed by atoms with Gasteiger partial charge in [-0.05, 0) is 33.9 Å². The number of hydrogen-bond donors (Lipinski definition) is 2. The summed E-state index contributed by atoms with van der Waals surface area (Å²) < 4.78 is 0.